The number of hydrogen-bond acceptors (Lipinski definition) is 8. The van der Waals surface area contributed by atoms with Crippen molar-refractivity contribution in [3.63, 3.8) is 0 Å². The minimum Gasteiger partial charge on any atom is -0.359 e. The van der Waals surface area contributed by atoms with Crippen LogP contribution in [0, 0.1) is 5.82 Å². The molecule has 4 N–H and O–H groups in total. The zero-order chi connectivity index (χ0) is 19.4. The van der Waals surface area contributed by atoms with Crippen molar-refractivity contribution in [3.8, 4) is 0 Å². The first kappa shape index (κ1) is 19.7. The van der Waals surface area contributed by atoms with Crippen molar-refractivity contribution in [1.82, 2.24) is 25.8 Å². The first-order valence-electron chi connectivity index (χ1n) is 8.74. The molecule has 3 atom stereocenters. The third kappa shape index (κ3) is 5.46. The molecule has 0 amide bonds. The average Bonchev–Trinajstić information content (AvgIpc) is 3.04. The van der Waals surface area contributed by atoms with Crippen molar-refractivity contribution in [2.24, 2.45) is 0 Å². The lowest BCUT2D eigenvalue weighted by Gasteiger charge is -2.17. The molecule has 8 nitrogen and oxygen atoms in total. The van der Waals surface area contributed by atoms with Gasteiger partial charge in [-0.1, -0.05) is 11.6 Å². The standard InChI is InChI=1S/C17H23ClFN7O/c1-9(2)27-15-6-14(25-26-15)23-16-12(18)8-21-17(24-16)22-10(3)13-5-4-11(19)7-20-13/h4-5,7-10,14-15,25-26H,6H2,1-3H3,(H2,21,22,23,24)/t10-,14?,15?/m0/s1. The zero-order valence-electron chi connectivity index (χ0n) is 15.3. The molecule has 0 saturated carbocycles. The lowest BCUT2D eigenvalue weighted by Crippen LogP contribution is -2.38. The van der Waals surface area contributed by atoms with Crippen molar-refractivity contribution >= 4 is 23.4 Å². The highest BCUT2D eigenvalue weighted by Crippen LogP contribution is 2.23. The Hall–Kier alpha value is -2.07. The number of aromatic nitrogens is 3. The van der Waals surface area contributed by atoms with Gasteiger partial charge in [0.15, 0.2) is 5.82 Å². The van der Waals surface area contributed by atoms with E-state index in [2.05, 4.69) is 36.4 Å². The Morgan fingerprint density at radius 2 is 2.04 bits per heavy atom. The van der Waals surface area contributed by atoms with E-state index in [9.17, 15) is 4.39 Å². The van der Waals surface area contributed by atoms with E-state index in [-0.39, 0.29) is 30.4 Å². The summed E-state index contributed by atoms with van der Waals surface area (Å²) in [4.78, 5) is 12.7. The van der Waals surface area contributed by atoms with Gasteiger partial charge in [-0.05, 0) is 32.9 Å². The van der Waals surface area contributed by atoms with Gasteiger partial charge in [0.1, 0.15) is 17.1 Å². The predicted molar refractivity (Wildman–Crippen MR) is 102 cm³/mol. The van der Waals surface area contributed by atoms with Crippen LogP contribution in [0.2, 0.25) is 5.02 Å². The summed E-state index contributed by atoms with van der Waals surface area (Å²) in [6.07, 6.45) is 3.35. The van der Waals surface area contributed by atoms with Crippen LogP contribution in [0.3, 0.4) is 0 Å². The van der Waals surface area contributed by atoms with E-state index in [0.717, 1.165) is 0 Å². The van der Waals surface area contributed by atoms with Crippen molar-refractivity contribution < 1.29 is 9.13 Å². The normalized spacial score (nSPS) is 20.7. The van der Waals surface area contributed by atoms with E-state index in [4.69, 9.17) is 16.3 Å². The van der Waals surface area contributed by atoms with Crippen LogP contribution in [0.15, 0.2) is 24.5 Å². The maximum absolute atomic E-state index is 13.0. The van der Waals surface area contributed by atoms with Crippen molar-refractivity contribution in [3.05, 3.63) is 41.1 Å². The van der Waals surface area contributed by atoms with Gasteiger partial charge in [-0.15, -0.1) is 0 Å². The Balaban J connectivity index is 1.63. The molecule has 3 heterocycles. The van der Waals surface area contributed by atoms with E-state index in [1.54, 1.807) is 6.07 Å². The molecule has 0 bridgehead atoms. The van der Waals surface area contributed by atoms with Crippen LogP contribution < -0.4 is 21.5 Å². The third-order valence-electron chi connectivity index (χ3n) is 3.90. The van der Waals surface area contributed by atoms with Crippen LogP contribution in [0.4, 0.5) is 16.2 Å². The van der Waals surface area contributed by atoms with Gasteiger partial charge in [0.05, 0.1) is 36.4 Å². The summed E-state index contributed by atoms with van der Waals surface area (Å²) < 4.78 is 18.7. The van der Waals surface area contributed by atoms with Crippen molar-refractivity contribution in [1.29, 1.82) is 0 Å². The maximum atomic E-state index is 13.0. The Labute approximate surface area is 162 Å². The van der Waals surface area contributed by atoms with Crippen molar-refractivity contribution in [2.75, 3.05) is 10.6 Å². The molecule has 0 aliphatic carbocycles. The number of hydrazine groups is 1. The largest absolute Gasteiger partial charge is 0.359 e. The molecule has 10 heteroatoms. The first-order chi connectivity index (χ1) is 12.9. The zero-order valence-corrected chi connectivity index (χ0v) is 16.1. The van der Waals surface area contributed by atoms with Crippen LogP contribution >= 0.6 is 11.6 Å². The van der Waals surface area contributed by atoms with E-state index in [0.29, 0.717) is 28.9 Å². The Morgan fingerprint density at radius 3 is 2.74 bits per heavy atom. The fraction of sp³-hybridized carbons (Fsp3) is 0.471. The molecule has 27 heavy (non-hydrogen) atoms. The minimum atomic E-state index is -0.377. The Morgan fingerprint density at radius 1 is 1.22 bits per heavy atom. The van der Waals surface area contributed by atoms with Crippen LogP contribution in [-0.4, -0.2) is 33.4 Å². The summed E-state index contributed by atoms with van der Waals surface area (Å²) in [7, 11) is 0. The summed E-state index contributed by atoms with van der Waals surface area (Å²) in [5.74, 6) is 0.511. The van der Waals surface area contributed by atoms with Gasteiger partial charge in [0.25, 0.3) is 0 Å². The van der Waals surface area contributed by atoms with Crippen LogP contribution in [0.1, 0.15) is 38.9 Å². The van der Waals surface area contributed by atoms with E-state index in [1.807, 2.05) is 20.8 Å². The summed E-state index contributed by atoms with van der Waals surface area (Å²) in [5.41, 5.74) is 6.86. The minimum absolute atomic E-state index is 0.0923. The lowest BCUT2D eigenvalue weighted by molar-refractivity contribution is -0.00368. The molecular formula is C17H23ClFN7O. The smallest absolute Gasteiger partial charge is 0.225 e. The van der Waals surface area contributed by atoms with Gasteiger partial charge in [-0.3, -0.25) is 4.98 Å². The van der Waals surface area contributed by atoms with Gasteiger partial charge in [0, 0.05) is 6.42 Å². The topological polar surface area (TPSA) is 96.0 Å². The molecule has 2 unspecified atom stereocenters. The first-order valence-corrected chi connectivity index (χ1v) is 9.12. The number of nitrogens with one attached hydrogen (secondary N) is 4. The van der Waals surface area contributed by atoms with Crippen LogP contribution in [0.5, 0.6) is 0 Å². The van der Waals surface area contributed by atoms with Gasteiger partial charge in [-0.2, -0.15) is 4.98 Å². The fourth-order valence-corrected chi connectivity index (χ4v) is 2.80. The monoisotopic (exact) mass is 395 g/mol. The van der Waals surface area contributed by atoms with E-state index >= 15 is 0 Å². The quantitative estimate of drug-likeness (QED) is 0.568. The molecule has 1 saturated heterocycles. The second-order valence-corrected chi connectivity index (χ2v) is 6.96. The summed E-state index contributed by atoms with van der Waals surface area (Å²) in [6, 6.07) is 2.78. The second kappa shape index (κ2) is 8.75. The number of pyridine rings is 1. The fourth-order valence-electron chi connectivity index (χ4n) is 2.65. The SMILES string of the molecule is CC(C)OC1CC(Nc2nc(N[C@@H](C)c3ccc(F)cn3)ncc2Cl)NN1. The predicted octanol–water partition coefficient (Wildman–Crippen LogP) is 2.82. The summed E-state index contributed by atoms with van der Waals surface area (Å²) in [6.45, 7) is 5.86. The number of anilines is 2. The Bertz CT molecular complexity index is 761. The highest BCUT2D eigenvalue weighted by Gasteiger charge is 2.25. The average molecular weight is 396 g/mol. The molecule has 1 aliphatic heterocycles. The maximum Gasteiger partial charge on any atom is 0.225 e. The van der Waals surface area contributed by atoms with Gasteiger partial charge in [-0.25, -0.2) is 20.2 Å². The lowest BCUT2D eigenvalue weighted by atomic mass is 10.2. The number of halogens is 2. The van der Waals surface area contributed by atoms with Gasteiger partial charge in [0.2, 0.25) is 5.95 Å². The third-order valence-corrected chi connectivity index (χ3v) is 4.18. The molecule has 146 valence electrons. The van der Waals surface area contributed by atoms with Crippen LogP contribution in [-0.2, 0) is 4.74 Å². The number of nitrogens with zero attached hydrogens (tertiary/aromatic N) is 3. The second-order valence-electron chi connectivity index (χ2n) is 6.55. The van der Waals surface area contributed by atoms with Gasteiger partial charge >= 0.3 is 0 Å². The molecular weight excluding hydrogens is 373 g/mol. The molecule has 0 spiro atoms. The van der Waals surface area contributed by atoms with Gasteiger partial charge < -0.3 is 15.4 Å². The molecule has 3 rings (SSSR count). The molecule has 2 aromatic rings. The number of hydrogen-bond donors (Lipinski definition) is 4. The number of ether oxygens (including phenoxy) is 1. The molecule has 0 aromatic carbocycles. The summed E-state index contributed by atoms with van der Waals surface area (Å²) >= 11 is 6.22. The highest BCUT2D eigenvalue weighted by molar-refractivity contribution is 6.32. The number of rotatable bonds is 7. The van der Waals surface area contributed by atoms with E-state index < -0.39 is 0 Å². The molecule has 0 radical (unpaired) electrons. The van der Waals surface area contributed by atoms with Crippen LogP contribution in [0.25, 0.3) is 0 Å². The van der Waals surface area contributed by atoms with E-state index in [1.165, 1.54) is 18.5 Å². The molecule has 2 aromatic heterocycles. The Kier molecular flexibility index (Phi) is 6.38. The molecule has 1 fully saturated rings. The molecule has 1 aliphatic rings. The van der Waals surface area contributed by atoms with Crippen molar-refractivity contribution in [2.45, 2.75) is 51.7 Å². The summed E-state index contributed by atoms with van der Waals surface area (Å²) in [5, 5.41) is 6.78. The highest BCUT2D eigenvalue weighted by atomic mass is 35.5.